The minimum atomic E-state index is 0.495. The molecule has 0 bridgehead atoms. The predicted molar refractivity (Wildman–Crippen MR) is 93.4 cm³/mol. The van der Waals surface area contributed by atoms with Gasteiger partial charge in [0.25, 0.3) is 0 Å². The van der Waals surface area contributed by atoms with Crippen LogP contribution < -0.4 is 0 Å². The quantitative estimate of drug-likeness (QED) is 0.827. The van der Waals surface area contributed by atoms with Gasteiger partial charge in [-0.3, -0.25) is 9.58 Å². The van der Waals surface area contributed by atoms with Gasteiger partial charge in [-0.1, -0.05) is 34.1 Å². The fraction of sp³-hybridized carbons (Fsp3) is 0.842. The zero-order valence-electron chi connectivity index (χ0n) is 15.3. The molecular weight excluding hydrogens is 286 g/mol. The SMILES string of the molecule is CC(C)CN1CCCCC1c1nn(CC(C)C)c2c1COCC2. The second-order valence-electron chi connectivity index (χ2n) is 8.09. The maximum Gasteiger partial charge on any atom is 0.0854 e. The van der Waals surface area contributed by atoms with Crippen molar-refractivity contribution >= 4 is 0 Å². The fourth-order valence-corrected chi connectivity index (χ4v) is 4.09. The van der Waals surface area contributed by atoms with Gasteiger partial charge in [0.15, 0.2) is 0 Å². The topological polar surface area (TPSA) is 30.3 Å². The fourth-order valence-electron chi connectivity index (χ4n) is 4.09. The third-order valence-electron chi connectivity index (χ3n) is 4.99. The molecule has 1 unspecified atom stereocenters. The number of ether oxygens (including phenoxy) is 1. The first-order valence-corrected chi connectivity index (χ1v) is 9.46. The lowest BCUT2D eigenvalue weighted by molar-refractivity contribution is 0.101. The first-order valence-electron chi connectivity index (χ1n) is 9.46. The molecule has 1 fully saturated rings. The third-order valence-corrected chi connectivity index (χ3v) is 4.99. The van der Waals surface area contributed by atoms with E-state index in [0.717, 1.165) is 26.2 Å². The van der Waals surface area contributed by atoms with Crippen LogP contribution in [0.25, 0.3) is 0 Å². The van der Waals surface area contributed by atoms with Gasteiger partial charge in [0.1, 0.15) is 0 Å². The second-order valence-corrected chi connectivity index (χ2v) is 8.09. The molecule has 1 atom stereocenters. The molecular formula is C19H33N3O. The van der Waals surface area contributed by atoms with Gasteiger partial charge in [0.05, 0.1) is 24.9 Å². The van der Waals surface area contributed by atoms with E-state index < -0.39 is 0 Å². The molecule has 0 radical (unpaired) electrons. The molecule has 0 N–H and O–H groups in total. The van der Waals surface area contributed by atoms with E-state index in [2.05, 4.69) is 37.3 Å². The number of likely N-dealkylation sites (tertiary alicyclic amines) is 1. The zero-order chi connectivity index (χ0) is 16.4. The van der Waals surface area contributed by atoms with Crippen molar-refractivity contribution in [3.05, 3.63) is 17.0 Å². The molecule has 4 heteroatoms. The third kappa shape index (κ3) is 3.80. The average Bonchev–Trinajstić information content (AvgIpc) is 2.85. The highest BCUT2D eigenvalue weighted by molar-refractivity contribution is 5.30. The minimum Gasteiger partial charge on any atom is -0.376 e. The van der Waals surface area contributed by atoms with Gasteiger partial charge in [-0.05, 0) is 31.2 Å². The monoisotopic (exact) mass is 319 g/mol. The molecule has 0 amide bonds. The van der Waals surface area contributed by atoms with E-state index >= 15 is 0 Å². The molecule has 0 saturated carbocycles. The molecule has 0 aromatic carbocycles. The van der Waals surface area contributed by atoms with Crippen molar-refractivity contribution in [1.29, 1.82) is 0 Å². The lowest BCUT2D eigenvalue weighted by Crippen LogP contribution is -2.36. The summed E-state index contributed by atoms with van der Waals surface area (Å²) in [5.74, 6) is 1.34. The van der Waals surface area contributed by atoms with Crippen LogP contribution in [0.1, 0.15) is 70.0 Å². The van der Waals surface area contributed by atoms with Gasteiger partial charge in [-0.2, -0.15) is 5.10 Å². The summed E-state index contributed by atoms with van der Waals surface area (Å²) in [5, 5.41) is 5.11. The summed E-state index contributed by atoms with van der Waals surface area (Å²) in [4.78, 5) is 2.67. The summed E-state index contributed by atoms with van der Waals surface area (Å²) in [6.45, 7) is 14.2. The van der Waals surface area contributed by atoms with Gasteiger partial charge in [-0.25, -0.2) is 0 Å². The van der Waals surface area contributed by atoms with Crippen molar-refractivity contribution < 1.29 is 4.74 Å². The smallest absolute Gasteiger partial charge is 0.0854 e. The molecule has 0 aliphatic carbocycles. The Morgan fingerprint density at radius 2 is 1.91 bits per heavy atom. The summed E-state index contributed by atoms with van der Waals surface area (Å²) < 4.78 is 8.08. The van der Waals surface area contributed by atoms with Gasteiger partial charge in [0, 0.05) is 30.8 Å². The van der Waals surface area contributed by atoms with Gasteiger partial charge in [-0.15, -0.1) is 0 Å². The van der Waals surface area contributed by atoms with Gasteiger partial charge >= 0.3 is 0 Å². The number of nitrogens with zero attached hydrogens (tertiary/aromatic N) is 3. The number of hydrogen-bond donors (Lipinski definition) is 0. The largest absolute Gasteiger partial charge is 0.376 e. The van der Waals surface area contributed by atoms with E-state index in [1.807, 2.05) is 0 Å². The van der Waals surface area contributed by atoms with Crippen molar-refractivity contribution in [3.8, 4) is 0 Å². The molecule has 23 heavy (non-hydrogen) atoms. The molecule has 4 nitrogen and oxygen atoms in total. The lowest BCUT2D eigenvalue weighted by atomic mass is 9.94. The summed E-state index contributed by atoms with van der Waals surface area (Å²) >= 11 is 0. The molecule has 1 aromatic rings. The average molecular weight is 319 g/mol. The van der Waals surface area contributed by atoms with Gasteiger partial charge < -0.3 is 4.74 Å². The van der Waals surface area contributed by atoms with Crippen molar-refractivity contribution in [2.75, 3.05) is 19.7 Å². The Balaban J connectivity index is 1.92. The highest BCUT2D eigenvalue weighted by Crippen LogP contribution is 2.35. The van der Waals surface area contributed by atoms with Crippen LogP contribution in [0.4, 0.5) is 0 Å². The Labute approximate surface area is 141 Å². The normalized spacial score (nSPS) is 22.8. The van der Waals surface area contributed by atoms with Crippen LogP contribution in [0.2, 0.25) is 0 Å². The molecule has 0 spiro atoms. The Bertz CT molecular complexity index is 521. The van der Waals surface area contributed by atoms with E-state index in [0.29, 0.717) is 17.9 Å². The highest BCUT2D eigenvalue weighted by atomic mass is 16.5. The van der Waals surface area contributed by atoms with Crippen molar-refractivity contribution in [3.63, 3.8) is 0 Å². The molecule has 2 aliphatic rings. The van der Waals surface area contributed by atoms with Crippen molar-refractivity contribution in [1.82, 2.24) is 14.7 Å². The Morgan fingerprint density at radius 1 is 1.13 bits per heavy atom. The summed E-state index contributed by atoms with van der Waals surface area (Å²) in [6.07, 6.45) is 4.92. The second kappa shape index (κ2) is 7.35. The Hall–Kier alpha value is -0.870. The zero-order valence-corrected chi connectivity index (χ0v) is 15.3. The molecule has 130 valence electrons. The lowest BCUT2D eigenvalue weighted by Gasteiger charge is -2.36. The predicted octanol–water partition coefficient (Wildman–Crippen LogP) is 3.79. The minimum absolute atomic E-state index is 0.495. The number of aromatic nitrogens is 2. The van der Waals surface area contributed by atoms with E-state index in [1.165, 1.54) is 49.3 Å². The van der Waals surface area contributed by atoms with Crippen LogP contribution in [0.5, 0.6) is 0 Å². The van der Waals surface area contributed by atoms with Crippen LogP contribution in [-0.4, -0.2) is 34.4 Å². The number of rotatable bonds is 5. The van der Waals surface area contributed by atoms with Crippen molar-refractivity contribution in [2.24, 2.45) is 11.8 Å². The van der Waals surface area contributed by atoms with Crippen LogP contribution in [0.15, 0.2) is 0 Å². The van der Waals surface area contributed by atoms with Crippen molar-refractivity contribution in [2.45, 2.75) is 72.6 Å². The summed E-state index contributed by atoms with van der Waals surface area (Å²) in [7, 11) is 0. The first-order chi connectivity index (χ1) is 11.1. The maximum absolute atomic E-state index is 5.79. The van der Waals surface area contributed by atoms with Crippen LogP contribution in [-0.2, 0) is 24.3 Å². The van der Waals surface area contributed by atoms with E-state index in [4.69, 9.17) is 9.84 Å². The molecule has 1 saturated heterocycles. The standard InChI is InChI=1S/C19H33N3O/c1-14(2)11-21-9-6-5-7-18(21)19-16-13-23-10-8-17(16)22(20-19)12-15(3)4/h14-15,18H,5-13H2,1-4H3. The van der Waals surface area contributed by atoms with E-state index in [1.54, 1.807) is 0 Å². The maximum atomic E-state index is 5.79. The Morgan fingerprint density at radius 3 is 2.65 bits per heavy atom. The first kappa shape index (κ1) is 17.0. The number of hydrogen-bond acceptors (Lipinski definition) is 3. The molecule has 2 aliphatic heterocycles. The number of piperidine rings is 1. The van der Waals surface area contributed by atoms with E-state index in [9.17, 15) is 0 Å². The highest BCUT2D eigenvalue weighted by Gasteiger charge is 2.32. The van der Waals surface area contributed by atoms with E-state index in [-0.39, 0.29) is 0 Å². The van der Waals surface area contributed by atoms with Crippen LogP contribution >= 0.6 is 0 Å². The number of fused-ring (bicyclic) bond motifs is 1. The Kier molecular flexibility index (Phi) is 5.42. The molecule has 1 aromatic heterocycles. The summed E-state index contributed by atoms with van der Waals surface area (Å²) in [5.41, 5.74) is 4.16. The summed E-state index contributed by atoms with van der Waals surface area (Å²) in [6, 6.07) is 0.495. The van der Waals surface area contributed by atoms with Crippen LogP contribution in [0, 0.1) is 11.8 Å². The molecule has 3 rings (SSSR count). The van der Waals surface area contributed by atoms with Gasteiger partial charge in [0.2, 0.25) is 0 Å². The van der Waals surface area contributed by atoms with Crippen LogP contribution in [0.3, 0.4) is 0 Å². The molecule has 3 heterocycles.